The summed E-state index contributed by atoms with van der Waals surface area (Å²) < 4.78 is 0. The minimum Gasteiger partial charge on any atom is -0.343 e. The summed E-state index contributed by atoms with van der Waals surface area (Å²) in [6.07, 6.45) is 0. The van der Waals surface area contributed by atoms with Crippen molar-refractivity contribution in [1.82, 2.24) is 16.1 Å². The fourth-order valence-corrected chi connectivity index (χ4v) is 0.911. The van der Waals surface area contributed by atoms with Crippen LogP contribution in [0.3, 0.4) is 0 Å². The zero-order valence-corrected chi connectivity index (χ0v) is 9.98. The van der Waals surface area contributed by atoms with Gasteiger partial charge in [-0.3, -0.25) is 19.6 Å². The summed E-state index contributed by atoms with van der Waals surface area (Å²) in [4.78, 5) is 33.6. The first kappa shape index (κ1) is 15.3. The lowest BCUT2D eigenvalue weighted by molar-refractivity contribution is -0.135. The fraction of sp³-hybridized carbons (Fsp3) is 0.667. The van der Waals surface area contributed by atoms with Crippen molar-refractivity contribution in [2.45, 2.75) is 38.9 Å². The highest BCUT2D eigenvalue weighted by Crippen LogP contribution is 1.88. The van der Waals surface area contributed by atoms with Crippen molar-refractivity contribution >= 4 is 17.7 Å². The van der Waals surface area contributed by atoms with E-state index in [0.717, 1.165) is 0 Å². The van der Waals surface area contributed by atoms with Crippen LogP contribution in [0, 0.1) is 0 Å². The third kappa shape index (κ3) is 5.27. The van der Waals surface area contributed by atoms with Gasteiger partial charge in [0.15, 0.2) is 0 Å². The summed E-state index contributed by atoms with van der Waals surface area (Å²) in [6, 6.07) is -2.44. The molecule has 0 aromatic heterocycles. The predicted molar refractivity (Wildman–Crippen MR) is 58.8 cm³/mol. The van der Waals surface area contributed by atoms with Gasteiger partial charge < -0.3 is 16.4 Å². The van der Waals surface area contributed by atoms with Gasteiger partial charge in [-0.2, -0.15) is 0 Å². The molecule has 0 aliphatic carbocycles. The lowest BCUT2D eigenvalue weighted by Gasteiger charge is -2.18. The van der Waals surface area contributed by atoms with Crippen molar-refractivity contribution in [3.63, 3.8) is 0 Å². The van der Waals surface area contributed by atoms with E-state index in [4.69, 9.17) is 10.9 Å². The maximum atomic E-state index is 11.5. The van der Waals surface area contributed by atoms with E-state index in [-0.39, 0.29) is 0 Å². The Morgan fingerprint density at radius 2 is 1.35 bits per heavy atom. The number of nitrogens with two attached hydrogens (primary N) is 1. The van der Waals surface area contributed by atoms with E-state index >= 15 is 0 Å². The molecule has 0 heterocycles. The average Bonchev–Trinajstić information content (AvgIpc) is 2.27. The maximum Gasteiger partial charge on any atom is 0.265 e. The number of hydrogen-bond acceptors (Lipinski definition) is 5. The van der Waals surface area contributed by atoms with Gasteiger partial charge in [0.1, 0.15) is 12.1 Å². The Balaban J connectivity index is 4.23. The molecule has 0 radical (unpaired) electrons. The third-order valence-electron chi connectivity index (χ3n) is 2.03. The molecule has 0 saturated carbocycles. The quantitative estimate of drug-likeness (QED) is 0.278. The van der Waals surface area contributed by atoms with Gasteiger partial charge >= 0.3 is 0 Å². The molecule has 0 aromatic carbocycles. The first-order valence-corrected chi connectivity index (χ1v) is 5.09. The molecule has 17 heavy (non-hydrogen) atoms. The van der Waals surface area contributed by atoms with Crippen molar-refractivity contribution in [1.29, 1.82) is 0 Å². The van der Waals surface area contributed by atoms with Crippen molar-refractivity contribution in [3.8, 4) is 0 Å². The van der Waals surface area contributed by atoms with Crippen LogP contribution < -0.4 is 21.8 Å². The average molecular weight is 246 g/mol. The number of hydrogen-bond donors (Lipinski definition) is 5. The Hall–Kier alpha value is -1.67. The van der Waals surface area contributed by atoms with Gasteiger partial charge in [0.25, 0.3) is 5.91 Å². The van der Waals surface area contributed by atoms with Crippen LogP contribution in [-0.4, -0.2) is 41.1 Å². The predicted octanol–water partition coefficient (Wildman–Crippen LogP) is -2.15. The summed E-state index contributed by atoms with van der Waals surface area (Å²) >= 11 is 0. The summed E-state index contributed by atoms with van der Waals surface area (Å²) in [7, 11) is 0. The Labute approximate surface area is 98.9 Å². The van der Waals surface area contributed by atoms with Crippen LogP contribution in [0.15, 0.2) is 0 Å². The Morgan fingerprint density at radius 1 is 0.941 bits per heavy atom. The SMILES string of the molecule is C[C@H](N)C(=O)N[C@@H](C)C(=O)N[C@@H](C)C(=O)NO. The molecule has 0 unspecified atom stereocenters. The number of rotatable bonds is 5. The van der Waals surface area contributed by atoms with Gasteiger partial charge in [0.2, 0.25) is 11.8 Å². The number of carbonyl (C=O) groups excluding carboxylic acids is 3. The molecule has 0 aliphatic heterocycles. The second kappa shape index (κ2) is 6.81. The van der Waals surface area contributed by atoms with Crippen molar-refractivity contribution in [2.75, 3.05) is 0 Å². The summed E-state index contributed by atoms with van der Waals surface area (Å²) in [5.41, 5.74) is 6.72. The topological polar surface area (TPSA) is 134 Å². The largest absolute Gasteiger partial charge is 0.343 e. The minimum atomic E-state index is -0.901. The van der Waals surface area contributed by atoms with Gasteiger partial charge in [0.05, 0.1) is 6.04 Å². The molecule has 98 valence electrons. The molecule has 8 heteroatoms. The third-order valence-corrected chi connectivity index (χ3v) is 2.03. The minimum absolute atomic E-state index is 0.466. The molecule has 0 bridgehead atoms. The molecule has 6 N–H and O–H groups in total. The van der Waals surface area contributed by atoms with Crippen molar-refractivity contribution in [3.05, 3.63) is 0 Å². The number of carbonyl (C=O) groups is 3. The fourth-order valence-electron chi connectivity index (χ4n) is 0.911. The van der Waals surface area contributed by atoms with Crippen LogP contribution in [0.5, 0.6) is 0 Å². The Kier molecular flexibility index (Phi) is 6.15. The van der Waals surface area contributed by atoms with Crippen LogP contribution in [-0.2, 0) is 14.4 Å². The van der Waals surface area contributed by atoms with Crippen LogP contribution in [0.25, 0.3) is 0 Å². The normalized spacial score (nSPS) is 15.4. The molecular weight excluding hydrogens is 228 g/mol. The standard InChI is InChI=1S/C9H18N4O4/c1-4(10)7(14)11-5(2)8(15)12-6(3)9(16)13-17/h4-6,17H,10H2,1-3H3,(H,11,14)(H,12,15)(H,13,16)/t4-,5-,6-/m0/s1. The number of nitrogens with one attached hydrogen (secondary N) is 3. The van der Waals surface area contributed by atoms with E-state index in [2.05, 4.69) is 10.6 Å². The van der Waals surface area contributed by atoms with Gasteiger partial charge in [0, 0.05) is 0 Å². The number of amides is 3. The molecule has 0 saturated heterocycles. The van der Waals surface area contributed by atoms with Crippen LogP contribution in [0.1, 0.15) is 20.8 Å². The molecule has 3 amide bonds. The molecule has 0 aliphatic rings. The van der Waals surface area contributed by atoms with Crippen molar-refractivity contribution in [2.24, 2.45) is 5.73 Å². The van der Waals surface area contributed by atoms with Gasteiger partial charge in [-0.1, -0.05) is 0 Å². The second-order valence-electron chi connectivity index (χ2n) is 3.73. The first-order chi connectivity index (χ1) is 7.79. The summed E-state index contributed by atoms with van der Waals surface area (Å²) in [5, 5.41) is 13.0. The number of hydroxylamine groups is 1. The van der Waals surface area contributed by atoms with E-state index in [1.807, 2.05) is 0 Å². The summed E-state index contributed by atoms with van der Waals surface area (Å²) in [6.45, 7) is 4.34. The molecule has 8 nitrogen and oxygen atoms in total. The first-order valence-electron chi connectivity index (χ1n) is 5.09. The molecule has 0 aromatic rings. The van der Waals surface area contributed by atoms with E-state index in [9.17, 15) is 14.4 Å². The highest BCUT2D eigenvalue weighted by atomic mass is 16.5. The lowest BCUT2D eigenvalue weighted by Crippen LogP contribution is -2.53. The Morgan fingerprint density at radius 3 is 1.76 bits per heavy atom. The molecule has 0 spiro atoms. The van der Waals surface area contributed by atoms with E-state index in [1.54, 1.807) is 0 Å². The Bertz CT molecular complexity index is 305. The zero-order valence-electron chi connectivity index (χ0n) is 9.98. The molecule has 0 rings (SSSR count). The lowest BCUT2D eigenvalue weighted by atomic mass is 10.2. The monoisotopic (exact) mass is 246 g/mol. The van der Waals surface area contributed by atoms with Crippen molar-refractivity contribution < 1.29 is 19.6 Å². The highest BCUT2D eigenvalue weighted by Gasteiger charge is 2.21. The van der Waals surface area contributed by atoms with Crippen LogP contribution >= 0.6 is 0 Å². The van der Waals surface area contributed by atoms with E-state index < -0.39 is 35.8 Å². The molecule has 0 fully saturated rings. The van der Waals surface area contributed by atoms with Crippen LogP contribution in [0.4, 0.5) is 0 Å². The zero-order chi connectivity index (χ0) is 13.6. The van der Waals surface area contributed by atoms with Crippen LogP contribution in [0.2, 0.25) is 0 Å². The van der Waals surface area contributed by atoms with Gasteiger partial charge in [-0.15, -0.1) is 0 Å². The molecule has 3 atom stereocenters. The second-order valence-corrected chi connectivity index (χ2v) is 3.73. The smallest absolute Gasteiger partial charge is 0.265 e. The van der Waals surface area contributed by atoms with E-state index in [0.29, 0.717) is 0 Å². The van der Waals surface area contributed by atoms with E-state index in [1.165, 1.54) is 26.3 Å². The van der Waals surface area contributed by atoms with Gasteiger partial charge in [-0.05, 0) is 20.8 Å². The summed E-state index contributed by atoms with van der Waals surface area (Å²) in [5.74, 6) is -1.76. The maximum absolute atomic E-state index is 11.5. The van der Waals surface area contributed by atoms with Gasteiger partial charge in [-0.25, -0.2) is 5.48 Å². The molecular formula is C9H18N4O4. The highest BCUT2D eigenvalue weighted by molar-refractivity contribution is 5.92.